The normalized spacial score (nSPS) is 11.0. The van der Waals surface area contributed by atoms with Crippen molar-refractivity contribution in [3.05, 3.63) is 77.9 Å². The number of rotatable bonds is 2. The van der Waals surface area contributed by atoms with Crippen LogP contribution in [-0.4, -0.2) is 9.97 Å². The van der Waals surface area contributed by atoms with Gasteiger partial charge < -0.3 is 4.98 Å². The summed E-state index contributed by atoms with van der Waals surface area (Å²) in [5, 5.41) is 0. The summed E-state index contributed by atoms with van der Waals surface area (Å²) in [6.07, 6.45) is 0. The molecule has 0 saturated heterocycles. The van der Waals surface area contributed by atoms with Gasteiger partial charge in [0.15, 0.2) is 0 Å². The number of nitrogens with one attached hydrogen (secondary N) is 1. The Morgan fingerprint density at radius 1 is 0.652 bits per heavy atom. The predicted octanol–water partition coefficient (Wildman–Crippen LogP) is 5.51. The molecule has 2 nitrogen and oxygen atoms in total. The van der Waals surface area contributed by atoms with Gasteiger partial charge in [-0.1, -0.05) is 65.7 Å². The van der Waals surface area contributed by atoms with Crippen molar-refractivity contribution < 1.29 is 0 Å². The Labute approximate surface area is 135 Å². The fourth-order valence-electron chi connectivity index (χ4n) is 2.78. The fraction of sp³-hybridized carbons (Fsp3) is 0.0952. The maximum atomic E-state index is 4.76. The first-order chi connectivity index (χ1) is 11.2. The minimum absolute atomic E-state index is 0.918. The number of hydrogen-bond acceptors (Lipinski definition) is 1. The van der Waals surface area contributed by atoms with Crippen LogP contribution >= 0.6 is 0 Å². The van der Waals surface area contributed by atoms with Crippen molar-refractivity contribution in [3.63, 3.8) is 0 Å². The van der Waals surface area contributed by atoms with Gasteiger partial charge >= 0.3 is 0 Å². The van der Waals surface area contributed by atoms with Gasteiger partial charge in [0.25, 0.3) is 0 Å². The van der Waals surface area contributed by atoms with E-state index in [1.54, 1.807) is 0 Å². The molecule has 0 radical (unpaired) electrons. The third-order valence-corrected chi connectivity index (χ3v) is 4.19. The summed E-state index contributed by atoms with van der Waals surface area (Å²) in [6, 6.07) is 23.4. The molecule has 1 N–H and O–H groups in total. The second kappa shape index (κ2) is 5.40. The van der Waals surface area contributed by atoms with E-state index in [0.717, 1.165) is 22.4 Å². The largest absolute Gasteiger partial charge is 0.338 e. The lowest BCUT2D eigenvalue weighted by Gasteiger charge is -2.01. The summed E-state index contributed by atoms with van der Waals surface area (Å²) in [5.74, 6) is 0.918. The van der Waals surface area contributed by atoms with Crippen LogP contribution in [0.3, 0.4) is 0 Å². The topological polar surface area (TPSA) is 28.7 Å². The fourth-order valence-corrected chi connectivity index (χ4v) is 2.78. The number of H-pyrrole nitrogens is 1. The van der Waals surface area contributed by atoms with Gasteiger partial charge in [-0.05, 0) is 37.1 Å². The van der Waals surface area contributed by atoms with Crippen LogP contribution < -0.4 is 0 Å². The van der Waals surface area contributed by atoms with Crippen LogP contribution in [-0.2, 0) is 0 Å². The van der Waals surface area contributed by atoms with Gasteiger partial charge in [-0.15, -0.1) is 0 Å². The van der Waals surface area contributed by atoms with E-state index in [0.29, 0.717) is 0 Å². The highest BCUT2D eigenvalue weighted by Crippen LogP contribution is 2.26. The maximum absolute atomic E-state index is 4.76. The number of aromatic nitrogens is 2. The number of benzene rings is 3. The van der Waals surface area contributed by atoms with Crippen molar-refractivity contribution in [2.24, 2.45) is 0 Å². The maximum Gasteiger partial charge on any atom is 0.138 e. The molecule has 0 aliphatic carbocycles. The second-order valence-corrected chi connectivity index (χ2v) is 6.05. The van der Waals surface area contributed by atoms with Gasteiger partial charge in [0.05, 0.1) is 11.0 Å². The standard InChI is InChI=1S/C21H18N2/c1-14-3-7-16(8-4-14)18-11-12-19-20(13-18)23-21(22-19)17-9-5-15(2)6-10-17/h3-13H,1-2H3,(H,22,23). The molecule has 1 heterocycles. The van der Waals surface area contributed by atoms with Crippen LogP contribution in [0.2, 0.25) is 0 Å². The number of aromatic amines is 1. The van der Waals surface area contributed by atoms with E-state index in [9.17, 15) is 0 Å². The van der Waals surface area contributed by atoms with E-state index in [-0.39, 0.29) is 0 Å². The van der Waals surface area contributed by atoms with Crippen LogP contribution in [0.4, 0.5) is 0 Å². The lowest BCUT2D eigenvalue weighted by atomic mass is 10.0. The number of imidazole rings is 1. The third-order valence-electron chi connectivity index (χ3n) is 4.19. The van der Waals surface area contributed by atoms with Crippen molar-refractivity contribution in [1.29, 1.82) is 0 Å². The summed E-state index contributed by atoms with van der Waals surface area (Å²) < 4.78 is 0. The number of aryl methyl sites for hydroxylation is 2. The molecule has 4 aromatic rings. The average molecular weight is 298 g/mol. The highest BCUT2D eigenvalue weighted by Gasteiger charge is 2.07. The monoisotopic (exact) mass is 298 g/mol. The number of hydrogen-bond donors (Lipinski definition) is 1. The van der Waals surface area contributed by atoms with E-state index < -0.39 is 0 Å². The Morgan fingerprint density at radius 3 is 1.87 bits per heavy atom. The molecule has 0 saturated carbocycles. The molecule has 3 aromatic carbocycles. The van der Waals surface area contributed by atoms with Crippen molar-refractivity contribution >= 4 is 11.0 Å². The lowest BCUT2D eigenvalue weighted by Crippen LogP contribution is -1.80. The smallest absolute Gasteiger partial charge is 0.138 e. The van der Waals surface area contributed by atoms with Crippen LogP contribution in [0.15, 0.2) is 66.7 Å². The molecule has 0 fully saturated rings. The molecule has 4 rings (SSSR count). The number of nitrogens with zero attached hydrogens (tertiary/aromatic N) is 1. The van der Waals surface area contributed by atoms with Gasteiger partial charge in [-0.2, -0.15) is 0 Å². The molecule has 2 heteroatoms. The molecular formula is C21H18N2. The quantitative estimate of drug-likeness (QED) is 0.519. The van der Waals surface area contributed by atoms with Crippen LogP contribution in [0.1, 0.15) is 11.1 Å². The Bertz CT molecular complexity index is 918. The third kappa shape index (κ3) is 2.64. The SMILES string of the molecule is Cc1ccc(-c2ccc3[nH]c(-c4ccc(C)cc4)nc3c2)cc1. The molecule has 0 spiro atoms. The second-order valence-electron chi connectivity index (χ2n) is 6.05. The first kappa shape index (κ1) is 13.8. The van der Waals surface area contributed by atoms with Crippen LogP contribution in [0, 0.1) is 13.8 Å². The zero-order valence-corrected chi connectivity index (χ0v) is 13.3. The Hall–Kier alpha value is -2.87. The predicted molar refractivity (Wildman–Crippen MR) is 96.4 cm³/mol. The molecule has 0 aliphatic heterocycles. The van der Waals surface area contributed by atoms with E-state index in [1.807, 2.05) is 0 Å². The lowest BCUT2D eigenvalue weighted by molar-refractivity contribution is 1.33. The first-order valence-corrected chi connectivity index (χ1v) is 7.83. The van der Waals surface area contributed by atoms with E-state index >= 15 is 0 Å². The summed E-state index contributed by atoms with van der Waals surface area (Å²) in [6.45, 7) is 4.20. The molecule has 0 bridgehead atoms. The van der Waals surface area contributed by atoms with Crippen molar-refractivity contribution in [1.82, 2.24) is 9.97 Å². The average Bonchev–Trinajstić information content (AvgIpc) is 2.99. The van der Waals surface area contributed by atoms with Crippen molar-refractivity contribution in [2.75, 3.05) is 0 Å². The molecule has 1 aromatic heterocycles. The van der Waals surface area contributed by atoms with Gasteiger partial charge in [0, 0.05) is 5.56 Å². The minimum Gasteiger partial charge on any atom is -0.338 e. The summed E-state index contributed by atoms with van der Waals surface area (Å²) >= 11 is 0. The molecule has 0 amide bonds. The molecule has 0 aliphatic rings. The minimum atomic E-state index is 0.918. The number of fused-ring (bicyclic) bond motifs is 1. The summed E-state index contributed by atoms with van der Waals surface area (Å²) in [4.78, 5) is 8.17. The Kier molecular flexibility index (Phi) is 3.23. The van der Waals surface area contributed by atoms with Gasteiger partial charge in [0.2, 0.25) is 0 Å². The van der Waals surface area contributed by atoms with E-state index in [1.165, 1.54) is 22.3 Å². The zero-order valence-electron chi connectivity index (χ0n) is 13.3. The molecule has 0 atom stereocenters. The highest BCUT2D eigenvalue weighted by molar-refractivity contribution is 5.84. The van der Waals surface area contributed by atoms with Crippen LogP contribution in [0.5, 0.6) is 0 Å². The molecule has 23 heavy (non-hydrogen) atoms. The Balaban J connectivity index is 1.77. The van der Waals surface area contributed by atoms with E-state index in [4.69, 9.17) is 4.98 Å². The summed E-state index contributed by atoms with van der Waals surface area (Å²) in [7, 11) is 0. The summed E-state index contributed by atoms with van der Waals surface area (Å²) in [5.41, 5.74) is 8.12. The molecule has 0 unspecified atom stereocenters. The zero-order chi connectivity index (χ0) is 15.8. The highest BCUT2D eigenvalue weighted by atomic mass is 14.9. The van der Waals surface area contributed by atoms with Crippen molar-refractivity contribution in [3.8, 4) is 22.5 Å². The van der Waals surface area contributed by atoms with Gasteiger partial charge in [-0.3, -0.25) is 0 Å². The van der Waals surface area contributed by atoms with Crippen LogP contribution in [0.25, 0.3) is 33.5 Å². The Morgan fingerprint density at radius 2 is 1.22 bits per heavy atom. The molecular weight excluding hydrogens is 280 g/mol. The van der Waals surface area contributed by atoms with Gasteiger partial charge in [0.1, 0.15) is 5.82 Å². The van der Waals surface area contributed by atoms with E-state index in [2.05, 4.69) is 85.6 Å². The van der Waals surface area contributed by atoms with Crippen molar-refractivity contribution in [2.45, 2.75) is 13.8 Å². The van der Waals surface area contributed by atoms with Gasteiger partial charge in [-0.25, -0.2) is 4.98 Å². The first-order valence-electron chi connectivity index (χ1n) is 7.83. The molecule has 112 valence electrons.